The van der Waals surface area contributed by atoms with Crippen LogP contribution in [0.5, 0.6) is 0 Å². The predicted octanol–water partition coefficient (Wildman–Crippen LogP) is 1.84. The Bertz CT molecular complexity index is 248. The summed E-state index contributed by atoms with van der Waals surface area (Å²) in [5.74, 6) is 0. The zero-order valence-electron chi connectivity index (χ0n) is 8.03. The van der Waals surface area contributed by atoms with E-state index in [0.29, 0.717) is 6.54 Å². The van der Waals surface area contributed by atoms with Crippen molar-refractivity contribution in [3.8, 4) is 0 Å². The van der Waals surface area contributed by atoms with Crippen LogP contribution >= 0.6 is 11.8 Å². The number of hydrogen-bond donors (Lipinski definition) is 1. The molecule has 13 heavy (non-hydrogen) atoms. The average Bonchev–Trinajstić information content (AvgIpc) is 2.18. The summed E-state index contributed by atoms with van der Waals surface area (Å²) in [7, 11) is 1.98. The van der Waals surface area contributed by atoms with Gasteiger partial charge in [-0.15, -0.1) is 11.8 Å². The Morgan fingerprint density at radius 1 is 1.31 bits per heavy atom. The summed E-state index contributed by atoms with van der Waals surface area (Å²) >= 11 is 1.73. The van der Waals surface area contributed by atoms with Crippen LogP contribution in [0, 0.1) is 0 Å². The van der Waals surface area contributed by atoms with Crippen molar-refractivity contribution in [1.29, 1.82) is 0 Å². The molecular formula is C10H15NOS. The summed E-state index contributed by atoms with van der Waals surface area (Å²) in [4.78, 5) is 3.30. The molecule has 0 spiro atoms. The van der Waals surface area contributed by atoms with Gasteiger partial charge in [0.1, 0.15) is 0 Å². The highest BCUT2D eigenvalue weighted by molar-refractivity contribution is 7.98. The molecule has 0 fully saturated rings. The molecule has 0 amide bonds. The first-order valence-corrected chi connectivity index (χ1v) is 5.46. The van der Waals surface area contributed by atoms with E-state index >= 15 is 0 Å². The van der Waals surface area contributed by atoms with Crippen LogP contribution in [-0.4, -0.2) is 31.6 Å². The summed E-state index contributed by atoms with van der Waals surface area (Å²) in [6.45, 7) is 0.874. The molecule has 0 heterocycles. The Morgan fingerprint density at radius 3 is 2.38 bits per heavy atom. The van der Waals surface area contributed by atoms with Crippen LogP contribution in [0.1, 0.15) is 0 Å². The standard InChI is InChI=1S/C10H15NOS/c1-11(7-8-12)9-3-5-10(13-2)6-4-9/h3-6,12H,7-8H2,1-2H3. The number of aliphatic hydroxyl groups excluding tert-OH is 1. The molecule has 3 heteroatoms. The highest BCUT2D eigenvalue weighted by Crippen LogP contribution is 2.19. The van der Waals surface area contributed by atoms with Gasteiger partial charge in [0.2, 0.25) is 0 Å². The first-order chi connectivity index (χ1) is 6.27. The Labute approximate surface area is 83.6 Å². The molecule has 1 aromatic carbocycles. The van der Waals surface area contributed by atoms with Gasteiger partial charge >= 0.3 is 0 Å². The van der Waals surface area contributed by atoms with E-state index in [9.17, 15) is 0 Å². The molecule has 1 rings (SSSR count). The van der Waals surface area contributed by atoms with E-state index in [0.717, 1.165) is 5.69 Å². The quantitative estimate of drug-likeness (QED) is 0.745. The van der Waals surface area contributed by atoms with E-state index in [1.54, 1.807) is 11.8 Å². The number of thioether (sulfide) groups is 1. The first-order valence-electron chi connectivity index (χ1n) is 4.24. The van der Waals surface area contributed by atoms with Crippen LogP contribution in [0.4, 0.5) is 5.69 Å². The molecule has 0 saturated heterocycles. The molecule has 1 N–H and O–H groups in total. The van der Waals surface area contributed by atoms with Gasteiger partial charge in [-0.25, -0.2) is 0 Å². The molecule has 0 atom stereocenters. The molecule has 0 aliphatic heterocycles. The normalized spacial score (nSPS) is 10.1. The smallest absolute Gasteiger partial charge is 0.0606 e. The van der Waals surface area contributed by atoms with Gasteiger partial charge in [-0.3, -0.25) is 0 Å². The van der Waals surface area contributed by atoms with Gasteiger partial charge in [0.05, 0.1) is 6.61 Å². The van der Waals surface area contributed by atoms with Crippen molar-refractivity contribution in [3.05, 3.63) is 24.3 Å². The van der Waals surface area contributed by atoms with Crippen molar-refractivity contribution in [2.24, 2.45) is 0 Å². The second-order valence-electron chi connectivity index (χ2n) is 2.84. The summed E-state index contributed by atoms with van der Waals surface area (Å²) in [6, 6.07) is 8.32. The van der Waals surface area contributed by atoms with Gasteiger partial charge in [-0.2, -0.15) is 0 Å². The summed E-state index contributed by atoms with van der Waals surface area (Å²) in [5, 5.41) is 8.75. The highest BCUT2D eigenvalue weighted by Gasteiger charge is 1.98. The van der Waals surface area contributed by atoms with Crippen LogP contribution in [0.2, 0.25) is 0 Å². The number of benzene rings is 1. The maximum absolute atomic E-state index is 8.75. The van der Waals surface area contributed by atoms with Crippen molar-refractivity contribution in [3.63, 3.8) is 0 Å². The molecule has 0 radical (unpaired) electrons. The van der Waals surface area contributed by atoms with Crippen molar-refractivity contribution in [2.75, 3.05) is 31.4 Å². The molecule has 0 bridgehead atoms. The molecule has 0 saturated carbocycles. The van der Waals surface area contributed by atoms with Crippen molar-refractivity contribution in [2.45, 2.75) is 4.90 Å². The molecule has 0 unspecified atom stereocenters. The first kappa shape index (κ1) is 10.4. The summed E-state index contributed by atoms with van der Waals surface area (Å²) < 4.78 is 0. The minimum absolute atomic E-state index is 0.195. The van der Waals surface area contributed by atoms with E-state index in [-0.39, 0.29) is 6.61 Å². The average molecular weight is 197 g/mol. The number of likely N-dealkylation sites (N-methyl/N-ethyl adjacent to an activating group) is 1. The molecular weight excluding hydrogens is 182 g/mol. The maximum Gasteiger partial charge on any atom is 0.0606 e. The number of nitrogens with zero attached hydrogens (tertiary/aromatic N) is 1. The van der Waals surface area contributed by atoms with Crippen LogP contribution in [0.15, 0.2) is 29.2 Å². The van der Waals surface area contributed by atoms with E-state index in [1.807, 2.05) is 11.9 Å². The topological polar surface area (TPSA) is 23.5 Å². The minimum Gasteiger partial charge on any atom is -0.395 e. The lowest BCUT2D eigenvalue weighted by molar-refractivity contribution is 0.304. The third-order valence-corrected chi connectivity index (χ3v) is 2.69. The van der Waals surface area contributed by atoms with Crippen molar-refractivity contribution in [1.82, 2.24) is 0 Å². The Morgan fingerprint density at radius 2 is 1.92 bits per heavy atom. The third-order valence-electron chi connectivity index (χ3n) is 1.95. The van der Waals surface area contributed by atoms with Crippen LogP contribution in [0.3, 0.4) is 0 Å². The highest BCUT2D eigenvalue weighted by atomic mass is 32.2. The zero-order valence-corrected chi connectivity index (χ0v) is 8.84. The van der Waals surface area contributed by atoms with Crippen molar-refractivity contribution < 1.29 is 5.11 Å². The van der Waals surface area contributed by atoms with Gasteiger partial charge in [0, 0.05) is 24.2 Å². The second kappa shape index (κ2) is 5.14. The molecule has 2 nitrogen and oxygen atoms in total. The Hall–Kier alpha value is -0.670. The largest absolute Gasteiger partial charge is 0.395 e. The molecule has 0 aromatic heterocycles. The fourth-order valence-electron chi connectivity index (χ4n) is 1.12. The molecule has 1 aromatic rings. The minimum atomic E-state index is 0.195. The van der Waals surface area contributed by atoms with Gasteiger partial charge in [0.25, 0.3) is 0 Å². The lowest BCUT2D eigenvalue weighted by Gasteiger charge is -2.17. The van der Waals surface area contributed by atoms with Gasteiger partial charge in [-0.1, -0.05) is 0 Å². The lowest BCUT2D eigenvalue weighted by Crippen LogP contribution is -2.20. The number of aliphatic hydroxyl groups is 1. The van der Waals surface area contributed by atoms with Crippen molar-refractivity contribution >= 4 is 17.4 Å². The Balaban J connectivity index is 2.67. The Kier molecular flexibility index (Phi) is 4.12. The summed E-state index contributed by atoms with van der Waals surface area (Å²) in [5.41, 5.74) is 1.15. The number of hydrogen-bond acceptors (Lipinski definition) is 3. The molecule has 0 aliphatic carbocycles. The monoisotopic (exact) mass is 197 g/mol. The van der Waals surface area contributed by atoms with E-state index in [1.165, 1.54) is 4.90 Å². The fourth-order valence-corrected chi connectivity index (χ4v) is 1.52. The lowest BCUT2D eigenvalue weighted by atomic mass is 10.3. The second-order valence-corrected chi connectivity index (χ2v) is 3.72. The SMILES string of the molecule is CSc1ccc(N(C)CCO)cc1. The predicted molar refractivity (Wildman–Crippen MR) is 58.6 cm³/mol. The van der Waals surface area contributed by atoms with Gasteiger partial charge in [0.15, 0.2) is 0 Å². The van der Waals surface area contributed by atoms with Crippen LogP contribution < -0.4 is 4.90 Å². The third kappa shape index (κ3) is 2.94. The fraction of sp³-hybridized carbons (Fsp3) is 0.400. The van der Waals surface area contributed by atoms with E-state index in [2.05, 4.69) is 30.5 Å². The maximum atomic E-state index is 8.75. The molecule has 0 aliphatic rings. The number of anilines is 1. The molecule has 72 valence electrons. The number of rotatable bonds is 4. The van der Waals surface area contributed by atoms with Gasteiger partial charge < -0.3 is 10.0 Å². The van der Waals surface area contributed by atoms with E-state index in [4.69, 9.17) is 5.11 Å². The van der Waals surface area contributed by atoms with Gasteiger partial charge in [-0.05, 0) is 30.5 Å². The zero-order chi connectivity index (χ0) is 9.68. The van der Waals surface area contributed by atoms with E-state index < -0.39 is 0 Å². The summed E-state index contributed by atoms with van der Waals surface area (Å²) in [6.07, 6.45) is 2.06. The van der Waals surface area contributed by atoms with Crippen LogP contribution in [-0.2, 0) is 0 Å². The van der Waals surface area contributed by atoms with Crippen LogP contribution in [0.25, 0.3) is 0 Å².